The highest BCUT2D eigenvalue weighted by Crippen LogP contribution is 2.16. The lowest BCUT2D eigenvalue weighted by Gasteiger charge is -2.37. The molecule has 0 spiro atoms. The summed E-state index contributed by atoms with van der Waals surface area (Å²) in [4.78, 5) is 2.37. The lowest BCUT2D eigenvalue weighted by Crippen LogP contribution is -2.44. The summed E-state index contributed by atoms with van der Waals surface area (Å²) >= 11 is 0. The van der Waals surface area contributed by atoms with Gasteiger partial charge in [-0.2, -0.15) is 0 Å². The van der Waals surface area contributed by atoms with E-state index in [4.69, 9.17) is 4.74 Å². The molecule has 1 atom stereocenters. The van der Waals surface area contributed by atoms with Crippen molar-refractivity contribution >= 4 is 0 Å². The third-order valence-electron chi connectivity index (χ3n) is 2.09. The van der Waals surface area contributed by atoms with Crippen LogP contribution in [-0.2, 0) is 4.74 Å². The van der Waals surface area contributed by atoms with Gasteiger partial charge in [-0.15, -0.1) is 0 Å². The number of rotatable bonds is 3. The number of methoxy groups -OCH3 is 1. The maximum absolute atomic E-state index is 4.97. The first kappa shape index (κ1) is 7.03. The van der Waals surface area contributed by atoms with Gasteiger partial charge in [0.15, 0.2) is 0 Å². The summed E-state index contributed by atoms with van der Waals surface area (Å²) in [5.74, 6) is 0. The highest BCUT2D eigenvalue weighted by Gasteiger charge is 2.22. The molecule has 0 amide bonds. The second-order valence-corrected chi connectivity index (χ2v) is 2.70. The lowest BCUT2D eigenvalue weighted by atomic mass is 10.0. The molecule has 1 aliphatic rings. The van der Waals surface area contributed by atoms with Gasteiger partial charge in [0.25, 0.3) is 0 Å². The van der Waals surface area contributed by atoms with Gasteiger partial charge >= 0.3 is 0 Å². The van der Waals surface area contributed by atoms with E-state index < -0.39 is 0 Å². The molecule has 0 radical (unpaired) electrons. The Hall–Kier alpha value is -0.0800. The van der Waals surface area contributed by atoms with Gasteiger partial charge < -0.3 is 9.64 Å². The van der Waals surface area contributed by atoms with E-state index in [1.165, 1.54) is 19.4 Å². The van der Waals surface area contributed by atoms with Crippen LogP contribution in [0, 0.1) is 0 Å². The van der Waals surface area contributed by atoms with Crippen LogP contribution in [0.1, 0.15) is 12.8 Å². The first-order valence-corrected chi connectivity index (χ1v) is 3.54. The number of likely N-dealkylation sites (tertiary alicyclic amines) is 1. The summed E-state index contributed by atoms with van der Waals surface area (Å²) in [7, 11) is 3.93. The molecule has 0 N–H and O–H groups in total. The maximum Gasteiger partial charge on any atom is 0.0477 e. The van der Waals surface area contributed by atoms with E-state index in [1.807, 2.05) is 0 Å². The normalized spacial score (nSPS) is 28.0. The average Bonchev–Trinajstić information content (AvgIpc) is 1.86. The Morgan fingerprint density at radius 1 is 1.67 bits per heavy atom. The first-order valence-electron chi connectivity index (χ1n) is 3.54. The van der Waals surface area contributed by atoms with Gasteiger partial charge in [0, 0.05) is 19.8 Å². The molecular weight excluding hydrogens is 114 g/mol. The van der Waals surface area contributed by atoms with Crippen molar-refractivity contribution in [2.75, 3.05) is 27.3 Å². The first-order chi connectivity index (χ1) is 4.34. The van der Waals surface area contributed by atoms with Crippen LogP contribution < -0.4 is 0 Å². The molecule has 1 rings (SSSR count). The quantitative estimate of drug-likeness (QED) is 0.557. The SMILES string of the molecule is COCCC1CCN1C. The van der Waals surface area contributed by atoms with Gasteiger partial charge in [-0.1, -0.05) is 0 Å². The highest BCUT2D eigenvalue weighted by atomic mass is 16.5. The Labute approximate surface area is 56.8 Å². The number of hydrogen-bond donors (Lipinski definition) is 0. The van der Waals surface area contributed by atoms with Gasteiger partial charge in [0.1, 0.15) is 0 Å². The van der Waals surface area contributed by atoms with Crippen LogP contribution in [0.25, 0.3) is 0 Å². The van der Waals surface area contributed by atoms with Crippen LogP contribution in [-0.4, -0.2) is 38.3 Å². The van der Waals surface area contributed by atoms with Crippen LogP contribution >= 0.6 is 0 Å². The molecule has 1 heterocycles. The molecular formula is C7H15NO. The van der Waals surface area contributed by atoms with E-state index in [-0.39, 0.29) is 0 Å². The van der Waals surface area contributed by atoms with Crippen LogP contribution in [0.15, 0.2) is 0 Å². The molecule has 0 aromatic carbocycles. The number of hydrogen-bond acceptors (Lipinski definition) is 2. The Kier molecular flexibility index (Phi) is 2.49. The summed E-state index contributed by atoms with van der Waals surface area (Å²) in [6.07, 6.45) is 2.56. The summed E-state index contributed by atoms with van der Waals surface area (Å²) in [6, 6.07) is 0.810. The third kappa shape index (κ3) is 1.66. The van der Waals surface area contributed by atoms with Crippen molar-refractivity contribution in [3.05, 3.63) is 0 Å². The fourth-order valence-electron chi connectivity index (χ4n) is 1.19. The zero-order chi connectivity index (χ0) is 6.69. The molecule has 54 valence electrons. The zero-order valence-corrected chi connectivity index (χ0v) is 6.26. The van der Waals surface area contributed by atoms with Gasteiger partial charge in [0.2, 0.25) is 0 Å². The molecule has 0 saturated carbocycles. The molecule has 2 nitrogen and oxygen atoms in total. The van der Waals surface area contributed by atoms with Gasteiger partial charge in [-0.3, -0.25) is 0 Å². The zero-order valence-electron chi connectivity index (χ0n) is 6.26. The van der Waals surface area contributed by atoms with Gasteiger partial charge in [-0.05, 0) is 26.4 Å². The van der Waals surface area contributed by atoms with E-state index >= 15 is 0 Å². The fourth-order valence-corrected chi connectivity index (χ4v) is 1.19. The molecule has 9 heavy (non-hydrogen) atoms. The molecule has 1 aliphatic heterocycles. The van der Waals surface area contributed by atoms with Crippen molar-refractivity contribution in [1.82, 2.24) is 4.90 Å². The third-order valence-corrected chi connectivity index (χ3v) is 2.09. The molecule has 0 bridgehead atoms. The minimum Gasteiger partial charge on any atom is -0.385 e. The summed E-state index contributed by atoms with van der Waals surface area (Å²) in [5.41, 5.74) is 0. The fraction of sp³-hybridized carbons (Fsp3) is 1.00. The second kappa shape index (κ2) is 3.18. The maximum atomic E-state index is 4.97. The van der Waals surface area contributed by atoms with Crippen molar-refractivity contribution < 1.29 is 4.74 Å². The Balaban J connectivity index is 1.99. The average molecular weight is 129 g/mol. The van der Waals surface area contributed by atoms with Crippen molar-refractivity contribution in [3.63, 3.8) is 0 Å². The highest BCUT2D eigenvalue weighted by molar-refractivity contribution is 4.78. The minimum absolute atomic E-state index is 0.810. The van der Waals surface area contributed by atoms with E-state index in [1.54, 1.807) is 7.11 Å². The van der Waals surface area contributed by atoms with E-state index in [9.17, 15) is 0 Å². The summed E-state index contributed by atoms with van der Waals surface area (Å²) in [5, 5.41) is 0. The Bertz CT molecular complexity index is 85.0. The molecule has 1 saturated heterocycles. The van der Waals surface area contributed by atoms with E-state index in [0.717, 1.165) is 12.6 Å². The molecule has 2 heteroatoms. The Morgan fingerprint density at radius 3 is 2.78 bits per heavy atom. The lowest BCUT2D eigenvalue weighted by molar-refractivity contribution is 0.0836. The Morgan fingerprint density at radius 2 is 2.44 bits per heavy atom. The molecule has 0 aliphatic carbocycles. The van der Waals surface area contributed by atoms with Gasteiger partial charge in [-0.25, -0.2) is 0 Å². The molecule has 0 aromatic heterocycles. The molecule has 0 aromatic rings. The standard InChI is InChI=1S/C7H15NO/c1-8-5-3-7(8)4-6-9-2/h7H,3-6H2,1-2H3. The van der Waals surface area contributed by atoms with Crippen LogP contribution in [0.4, 0.5) is 0 Å². The van der Waals surface area contributed by atoms with E-state index in [0.29, 0.717) is 0 Å². The summed E-state index contributed by atoms with van der Waals surface area (Å²) < 4.78 is 4.97. The van der Waals surface area contributed by atoms with Crippen LogP contribution in [0.3, 0.4) is 0 Å². The molecule has 1 unspecified atom stereocenters. The predicted octanol–water partition coefficient (Wildman–Crippen LogP) is 0.727. The number of nitrogens with zero attached hydrogens (tertiary/aromatic N) is 1. The van der Waals surface area contributed by atoms with Crippen LogP contribution in [0.5, 0.6) is 0 Å². The minimum atomic E-state index is 0.810. The van der Waals surface area contributed by atoms with Gasteiger partial charge in [0.05, 0.1) is 0 Å². The van der Waals surface area contributed by atoms with E-state index in [2.05, 4.69) is 11.9 Å². The van der Waals surface area contributed by atoms with Crippen molar-refractivity contribution in [2.45, 2.75) is 18.9 Å². The topological polar surface area (TPSA) is 12.5 Å². The van der Waals surface area contributed by atoms with Crippen LogP contribution in [0.2, 0.25) is 0 Å². The van der Waals surface area contributed by atoms with Crippen molar-refractivity contribution in [2.24, 2.45) is 0 Å². The molecule has 1 fully saturated rings. The van der Waals surface area contributed by atoms with Crippen molar-refractivity contribution in [3.8, 4) is 0 Å². The smallest absolute Gasteiger partial charge is 0.0477 e. The second-order valence-electron chi connectivity index (χ2n) is 2.70. The predicted molar refractivity (Wildman–Crippen MR) is 37.5 cm³/mol. The summed E-state index contributed by atoms with van der Waals surface area (Å²) in [6.45, 7) is 2.18. The number of ether oxygens (including phenoxy) is 1. The van der Waals surface area contributed by atoms with Crippen molar-refractivity contribution in [1.29, 1.82) is 0 Å². The largest absolute Gasteiger partial charge is 0.385 e. The monoisotopic (exact) mass is 129 g/mol.